The second-order valence-electron chi connectivity index (χ2n) is 5.06. The van der Waals surface area contributed by atoms with Crippen LogP contribution in [0, 0.1) is 0 Å². The van der Waals surface area contributed by atoms with Crippen LogP contribution in [0.3, 0.4) is 0 Å². The number of carbonyl (C=O) groups excluding carboxylic acids is 1. The van der Waals surface area contributed by atoms with Crippen molar-refractivity contribution in [3.05, 3.63) is 23.4 Å². The highest BCUT2D eigenvalue weighted by molar-refractivity contribution is 5.95. The van der Waals surface area contributed by atoms with E-state index in [2.05, 4.69) is 10.3 Å². The van der Waals surface area contributed by atoms with Gasteiger partial charge in [-0.05, 0) is 31.4 Å². The average molecular weight is 287 g/mol. The number of nitrogens with two attached hydrogens (primary N) is 1. The molecule has 0 aromatic carbocycles. The summed E-state index contributed by atoms with van der Waals surface area (Å²) in [6.45, 7) is 1.94. The van der Waals surface area contributed by atoms with E-state index in [-0.39, 0.29) is 24.2 Å². The van der Waals surface area contributed by atoms with Crippen molar-refractivity contribution in [1.82, 2.24) is 10.3 Å². The molecule has 1 aliphatic carbocycles. The number of aryl methyl sites for hydroxylation is 1. The average Bonchev–Trinajstić information content (AvgIpc) is 3.09. The van der Waals surface area contributed by atoms with E-state index < -0.39 is 17.6 Å². The van der Waals surface area contributed by atoms with Crippen molar-refractivity contribution in [3.63, 3.8) is 0 Å². The third-order valence-electron chi connectivity index (χ3n) is 3.31. The van der Waals surface area contributed by atoms with Crippen molar-refractivity contribution in [1.29, 1.82) is 0 Å². The number of nitrogens with one attached hydrogen (secondary N) is 1. The van der Waals surface area contributed by atoms with Gasteiger partial charge in [0.2, 0.25) is 0 Å². The van der Waals surface area contributed by atoms with Crippen LogP contribution in [-0.4, -0.2) is 22.6 Å². The second-order valence-corrected chi connectivity index (χ2v) is 5.06. The summed E-state index contributed by atoms with van der Waals surface area (Å²) in [5, 5.41) is 2.07. The Morgan fingerprint density at radius 3 is 2.60 bits per heavy atom. The molecule has 1 heterocycles. The van der Waals surface area contributed by atoms with Gasteiger partial charge in [0.05, 0.1) is 0 Å². The summed E-state index contributed by atoms with van der Waals surface area (Å²) in [6.07, 6.45) is -3.15. The largest absolute Gasteiger partial charge is 0.411 e. The molecule has 4 nitrogen and oxygen atoms in total. The lowest BCUT2D eigenvalue weighted by molar-refractivity contribution is -0.163. The number of amides is 1. The summed E-state index contributed by atoms with van der Waals surface area (Å²) in [6, 6.07) is 2.78. The first kappa shape index (κ1) is 14.6. The van der Waals surface area contributed by atoms with Gasteiger partial charge < -0.3 is 11.1 Å². The standard InChI is InChI=1S/C13H16F3N3O/c1-2-3-9-6-8(7-10(17)18-9)11(20)19-12(4-5-12)13(14,15)16/h6-7H,2-5H2,1H3,(H2,17,18)(H,19,20). The van der Waals surface area contributed by atoms with E-state index in [0.29, 0.717) is 12.1 Å². The number of halogens is 3. The van der Waals surface area contributed by atoms with Crippen molar-refractivity contribution in [2.75, 3.05) is 5.73 Å². The molecular weight excluding hydrogens is 271 g/mol. The summed E-state index contributed by atoms with van der Waals surface area (Å²) < 4.78 is 38.4. The number of hydrogen-bond acceptors (Lipinski definition) is 3. The van der Waals surface area contributed by atoms with Crippen molar-refractivity contribution >= 4 is 11.7 Å². The third kappa shape index (κ3) is 2.86. The van der Waals surface area contributed by atoms with Crippen LogP contribution in [0.4, 0.5) is 19.0 Å². The topological polar surface area (TPSA) is 68.0 Å². The van der Waals surface area contributed by atoms with E-state index in [0.717, 1.165) is 6.42 Å². The van der Waals surface area contributed by atoms with Crippen LogP contribution in [0.2, 0.25) is 0 Å². The van der Waals surface area contributed by atoms with Crippen LogP contribution < -0.4 is 11.1 Å². The first-order valence-corrected chi connectivity index (χ1v) is 6.43. The number of nitrogens with zero attached hydrogens (tertiary/aromatic N) is 1. The number of aromatic nitrogens is 1. The molecule has 7 heteroatoms. The SMILES string of the molecule is CCCc1cc(C(=O)NC2(C(F)(F)F)CC2)cc(N)n1. The Kier molecular flexibility index (Phi) is 3.62. The molecule has 110 valence electrons. The highest BCUT2D eigenvalue weighted by Gasteiger charge is 2.64. The molecule has 0 aliphatic heterocycles. The van der Waals surface area contributed by atoms with Crippen LogP contribution in [0.25, 0.3) is 0 Å². The molecule has 1 amide bonds. The number of hydrogen-bond donors (Lipinski definition) is 2. The van der Waals surface area contributed by atoms with Gasteiger partial charge in [-0.25, -0.2) is 4.98 Å². The quantitative estimate of drug-likeness (QED) is 0.893. The van der Waals surface area contributed by atoms with Gasteiger partial charge in [-0.1, -0.05) is 13.3 Å². The van der Waals surface area contributed by atoms with Crippen LogP contribution >= 0.6 is 0 Å². The zero-order valence-electron chi connectivity index (χ0n) is 11.0. The fourth-order valence-corrected chi connectivity index (χ4v) is 2.02. The predicted molar refractivity (Wildman–Crippen MR) is 68.1 cm³/mol. The zero-order valence-corrected chi connectivity index (χ0v) is 11.0. The van der Waals surface area contributed by atoms with E-state index in [4.69, 9.17) is 5.73 Å². The summed E-state index contributed by atoms with van der Waals surface area (Å²) in [7, 11) is 0. The molecule has 0 spiro atoms. The molecule has 1 aromatic heterocycles. The Morgan fingerprint density at radius 2 is 2.10 bits per heavy atom. The fraction of sp³-hybridized carbons (Fsp3) is 0.538. The molecule has 0 bridgehead atoms. The summed E-state index contributed by atoms with van der Waals surface area (Å²) in [4.78, 5) is 16.0. The molecule has 20 heavy (non-hydrogen) atoms. The lowest BCUT2D eigenvalue weighted by atomic mass is 10.1. The molecule has 1 fully saturated rings. The molecule has 2 rings (SSSR count). The minimum atomic E-state index is -4.42. The van der Waals surface area contributed by atoms with Gasteiger partial charge in [-0.2, -0.15) is 13.2 Å². The smallest absolute Gasteiger partial charge is 0.384 e. The molecule has 1 saturated carbocycles. The van der Waals surface area contributed by atoms with Gasteiger partial charge in [-0.15, -0.1) is 0 Å². The summed E-state index contributed by atoms with van der Waals surface area (Å²) in [5.74, 6) is -0.621. The Morgan fingerprint density at radius 1 is 1.45 bits per heavy atom. The maximum absolute atomic E-state index is 12.8. The zero-order chi connectivity index (χ0) is 15.0. The number of nitrogen functional groups attached to an aromatic ring is 1. The van der Waals surface area contributed by atoms with Crippen molar-refractivity contribution in [3.8, 4) is 0 Å². The number of rotatable bonds is 4. The van der Waals surface area contributed by atoms with Gasteiger partial charge in [-0.3, -0.25) is 4.79 Å². The van der Waals surface area contributed by atoms with Crippen molar-refractivity contribution in [2.24, 2.45) is 0 Å². The molecule has 3 N–H and O–H groups in total. The first-order chi connectivity index (χ1) is 9.27. The number of alkyl halides is 3. The number of anilines is 1. The Labute approximate surface area is 114 Å². The highest BCUT2D eigenvalue weighted by Crippen LogP contribution is 2.49. The highest BCUT2D eigenvalue weighted by atomic mass is 19.4. The predicted octanol–water partition coefficient (Wildman–Crippen LogP) is 2.44. The van der Waals surface area contributed by atoms with E-state index in [1.807, 2.05) is 6.92 Å². The van der Waals surface area contributed by atoms with Gasteiger partial charge in [0.25, 0.3) is 5.91 Å². The Hall–Kier alpha value is -1.79. The molecule has 1 aliphatic rings. The molecular formula is C13H16F3N3O. The minimum Gasteiger partial charge on any atom is -0.384 e. The van der Waals surface area contributed by atoms with Crippen LogP contribution in [0.5, 0.6) is 0 Å². The molecule has 0 radical (unpaired) electrons. The normalized spacial score (nSPS) is 16.8. The number of carbonyl (C=O) groups is 1. The minimum absolute atomic E-state index is 0.0787. The van der Waals surface area contributed by atoms with E-state index >= 15 is 0 Å². The Balaban J connectivity index is 2.18. The van der Waals surface area contributed by atoms with E-state index in [1.165, 1.54) is 12.1 Å². The van der Waals surface area contributed by atoms with Crippen molar-refractivity contribution < 1.29 is 18.0 Å². The number of pyridine rings is 1. The van der Waals surface area contributed by atoms with Crippen LogP contribution in [0.15, 0.2) is 12.1 Å². The van der Waals surface area contributed by atoms with Crippen molar-refractivity contribution in [2.45, 2.75) is 44.3 Å². The Bertz CT molecular complexity index is 524. The summed E-state index contributed by atoms with van der Waals surface area (Å²) in [5.41, 5.74) is 4.24. The van der Waals surface area contributed by atoms with Crippen LogP contribution in [-0.2, 0) is 6.42 Å². The van der Waals surface area contributed by atoms with E-state index in [1.54, 1.807) is 0 Å². The molecule has 1 aromatic rings. The maximum atomic E-state index is 12.8. The molecule has 0 atom stereocenters. The monoisotopic (exact) mass is 287 g/mol. The van der Waals surface area contributed by atoms with E-state index in [9.17, 15) is 18.0 Å². The second kappa shape index (κ2) is 4.96. The first-order valence-electron chi connectivity index (χ1n) is 6.43. The lowest BCUT2D eigenvalue weighted by Crippen LogP contribution is -2.47. The van der Waals surface area contributed by atoms with Gasteiger partial charge in [0.15, 0.2) is 0 Å². The van der Waals surface area contributed by atoms with Crippen LogP contribution in [0.1, 0.15) is 42.2 Å². The van der Waals surface area contributed by atoms with Gasteiger partial charge in [0.1, 0.15) is 11.4 Å². The fourth-order valence-electron chi connectivity index (χ4n) is 2.02. The lowest BCUT2D eigenvalue weighted by Gasteiger charge is -2.20. The maximum Gasteiger partial charge on any atom is 0.411 e. The van der Waals surface area contributed by atoms with Gasteiger partial charge >= 0.3 is 6.18 Å². The summed E-state index contributed by atoms with van der Waals surface area (Å²) >= 11 is 0. The molecule has 0 saturated heterocycles. The molecule has 0 unspecified atom stereocenters. The third-order valence-corrected chi connectivity index (χ3v) is 3.31. The van der Waals surface area contributed by atoms with Gasteiger partial charge in [0, 0.05) is 11.3 Å².